The van der Waals surface area contributed by atoms with E-state index in [1.165, 1.54) is 12.0 Å². The van der Waals surface area contributed by atoms with E-state index >= 15 is 0 Å². The minimum Gasteiger partial charge on any atom is -0.495 e. The van der Waals surface area contributed by atoms with E-state index in [9.17, 15) is 9.59 Å². The van der Waals surface area contributed by atoms with Crippen LogP contribution < -0.4 is 15.0 Å². The Balaban J connectivity index is 2.20. The summed E-state index contributed by atoms with van der Waals surface area (Å²) in [6, 6.07) is 15.3. The highest BCUT2D eigenvalue weighted by atomic mass is 32.1. The van der Waals surface area contributed by atoms with Gasteiger partial charge in [0.15, 0.2) is 5.69 Å². The highest BCUT2D eigenvalue weighted by molar-refractivity contribution is 7.03. The third kappa shape index (κ3) is 4.83. The van der Waals surface area contributed by atoms with E-state index in [0.717, 1.165) is 11.5 Å². The number of anilines is 1. The van der Waals surface area contributed by atoms with E-state index in [4.69, 9.17) is 4.74 Å². The van der Waals surface area contributed by atoms with E-state index in [0.29, 0.717) is 17.0 Å². The minimum atomic E-state index is -0.934. The molecule has 156 valence electrons. The maximum Gasteiger partial charge on any atom is 0.280 e. The molecule has 0 aliphatic carbocycles. The van der Waals surface area contributed by atoms with E-state index < -0.39 is 17.5 Å². The normalized spacial score (nSPS) is 12.1. The van der Waals surface area contributed by atoms with Crippen LogP contribution in [0, 0.1) is 0 Å². The highest BCUT2D eigenvalue weighted by Crippen LogP contribution is 2.36. The summed E-state index contributed by atoms with van der Waals surface area (Å²) in [5, 5.41) is 8.50. The van der Waals surface area contributed by atoms with Gasteiger partial charge >= 0.3 is 0 Å². The number of methoxy groups -OCH3 is 1. The van der Waals surface area contributed by atoms with E-state index in [1.807, 2.05) is 57.2 Å². The lowest BCUT2D eigenvalue weighted by molar-refractivity contribution is -0.123. The Labute approximate surface area is 179 Å². The summed E-state index contributed by atoms with van der Waals surface area (Å²) in [7, 11) is 1.53. The number of ether oxygens (including phenoxy) is 1. The molecular formula is C22H24N4O3S. The molecule has 2 aromatic carbocycles. The second kappa shape index (κ2) is 9.04. The molecule has 0 aliphatic heterocycles. The van der Waals surface area contributed by atoms with Gasteiger partial charge < -0.3 is 10.1 Å². The van der Waals surface area contributed by atoms with Crippen LogP contribution in [0.5, 0.6) is 5.75 Å². The topological polar surface area (TPSA) is 84.4 Å². The second-order valence-electron chi connectivity index (χ2n) is 7.69. The lowest BCUT2D eigenvalue weighted by Gasteiger charge is -2.34. The Bertz CT molecular complexity index is 1000. The quantitative estimate of drug-likeness (QED) is 0.650. The summed E-state index contributed by atoms with van der Waals surface area (Å²) in [5.41, 5.74) is 0.815. The Morgan fingerprint density at radius 3 is 2.33 bits per heavy atom. The molecule has 3 aromatic rings. The number of carbonyl (C=O) groups is 2. The third-order valence-corrected chi connectivity index (χ3v) is 4.77. The first-order valence-corrected chi connectivity index (χ1v) is 10.3. The number of para-hydroxylation sites is 2. The Morgan fingerprint density at radius 2 is 1.73 bits per heavy atom. The number of benzene rings is 2. The van der Waals surface area contributed by atoms with Crippen molar-refractivity contribution in [1.82, 2.24) is 14.9 Å². The van der Waals surface area contributed by atoms with Crippen LogP contribution in [-0.2, 0) is 4.79 Å². The second-order valence-corrected chi connectivity index (χ2v) is 8.30. The lowest BCUT2D eigenvalue weighted by Crippen LogP contribution is -2.49. The van der Waals surface area contributed by atoms with Gasteiger partial charge in [-0.1, -0.05) is 47.0 Å². The standard InChI is InChI=1S/C22H24N4O3S/c1-22(2,3)23-20(27)19(15-10-6-5-7-11-15)26(21(28)16-14-30-25-24-16)17-12-8-9-13-18(17)29-4/h5-14,19H,1-4H3,(H,23,27)/t19-/m1/s1. The van der Waals surface area contributed by atoms with E-state index in [2.05, 4.69) is 14.9 Å². The van der Waals surface area contributed by atoms with Gasteiger partial charge in [0.05, 0.1) is 12.8 Å². The first-order chi connectivity index (χ1) is 14.3. The van der Waals surface area contributed by atoms with Gasteiger partial charge in [-0.3, -0.25) is 14.5 Å². The first-order valence-electron chi connectivity index (χ1n) is 9.42. The maximum absolute atomic E-state index is 13.6. The molecule has 30 heavy (non-hydrogen) atoms. The fourth-order valence-electron chi connectivity index (χ4n) is 3.07. The van der Waals surface area contributed by atoms with Crippen molar-refractivity contribution >= 4 is 29.0 Å². The summed E-state index contributed by atoms with van der Waals surface area (Å²) in [6.45, 7) is 5.69. The fraction of sp³-hybridized carbons (Fsp3) is 0.273. The monoisotopic (exact) mass is 424 g/mol. The molecule has 1 aromatic heterocycles. The summed E-state index contributed by atoms with van der Waals surface area (Å²) in [4.78, 5) is 28.4. The number of rotatable bonds is 6. The van der Waals surface area contributed by atoms with Crippen molar-refractivity contribution in [2.24, 2.45) is 0 Å². The summed E-state index contributed by atoms with van der Waals surface area (Å²) in [5.74, 6) is -0.277. The summed E-state index contributed by atoms with van der Waals surface area (Å²) in [6.07, 6.45) is 0. The molecule has 3 rings (SSSR count). The Kier molecular flexibility index (Phi) is 6.47. The van der Waals surface area contributed by atoms with Gasteiger partial charge in [-0.15, -0.1) is 5.10 Å². The van der Waals surface area contributed by atoms with Crippen molar-refractivity contribution in [1.29, 1.82) is 0 Å². The smallest absolute Gasteiger partial charge is 0.280 e. The van der Waals surface area contributed by atoms with Crippen LogP contribution in [0.25, 0.3) is 0 Å². The molecule has 0 unspecified atom stereocenters. The number of aromatic nitrogens is 2. The zero-order valence-electron chi connectivity index (χ0n) is 17.3. The number of hydrogen-bond acceptors (Lipinski definition) is 6. The van der Waals surface area contributed by atoms with Crippen molar-refractivity contribution < 1.29 is 14.3 Å². The number of amides is 2. The van der Waals surface area contributed by atoms with Crippen LogP contribution in [0.15, 0.2) is 60.0 Å². The van der Waals surface area contributed by atoms with Gasteiger partial charge in [0, 0.05) is 10.9 Å². The minimum absolute atomic E-state index is 0.162. The number of nitrogens with one attached hydrogen (secondary N) is 1. The zero-order chi connectivity index (χ0) is 21.7. The molecule has 0 radical (unpaired) electrons. The van der Waals surface area contributed by atoms with Crippen LogP contribution in [0.3, 0.4) is 0 Å². The predicted octanol–water partition coefficient (Wildman–Crippen LogP) is 3.85. The molecule has 0 bridgehead atoms. The van der Waals surface area contributed by atoms with Gasteiger partial charge in [-0.25, -0.2) is 0 Å². The zero-order valence-corrected chi connectivity index (χ0v) is 18.1. The molecule has 7 nitrogen and oxygen atoms in total. The molecule has 1 heterocycles. The Morgan fingerprint density at radius 1 is 1.07 bits per heavy atom. The SMILES string of the molecule is COc1ccccc1N(C(=O)c1csnn1)[C@@H](C(=O)NC(C)(C)C)c1ccccc1. The number of carbonyl (C=O) groups excluding carboxylic acids is 2. The van der Waals surface area contributed by atoms with Crippen molar-refractivity contribution in [2.75, 3.05) is 12.0 Å². The van der Waals surface area contributed by atoms with Crippen molar-refractivity contribution in [3.63, 3.8) is 0 Å². The van der Waals surface area contributed by atoms with Crippen LogP contribution in [-0.4, -0.2) is 34.1 Å². The molecule has 2 amide bonds. The van der Waals surface area contributed by atoms with Gasteiger partial charge in [0.25, 0.3) is 5.91 Å². The Hall–Kier alpha value is -3.26. The largest absolute Gasteiger partial charge is 0.495 e. The summed E-state index contributed by atoms with van der Waals surface area (Å²) < 4.78 is 9.31. The van der Waals surface area contributed by atoms with Gasteiger partial charge in [0.2, 0.25) is 5.91 Å². The van der Waals surface area contributed by atoms with Gasteiger partial charge in [-0.05, 0) is 50.0 Å². The maximum atomic E-state index is 13.6. The number of nitrogens with zero attached hydrogens (tertiary/aromatic N) is 3. The molecular weight excluding hydrogens is 400 g/mol. The van der Waals surface area contributed by atoms with Crippen molar-refractivity contribution in [3.8, 4) is 5.75 Å². The average Bonchev–Trinajstić information content (AvgIpc) is 3.25. The lowest BCUT2D eigenvalue weighted by atomic mass is 10.0. The molecule has 1 N–H and O–H groups in total. The molecule has 8 heteroatoms. The third-order valence-electron chi connectivity index (χ3n) is 4.26. The van der Waals surface area contributed by atoms with Crippen LogP contribution >= 0.6 is 11.5 Å². The van der Waals surface area contributed by atoms with Crippen molar-refractivity contribution in [3.05, 3.63) is 71.2 Å². The van der Waals surface area contributed by atoms with Crippen molar-refractivity contribution in [2.45, 2.75) is 32.4 Å². The van der Waals surface area contributed by atoms with Crippen LogP contribution in [0.4, 0.5) is 5.69 Å². The van der Waals surface area contributed by atoms with Gasteiger partial charge in [0.1, 0.15) is 11.8 Å². The predicted molar refractivity (Wildman–Crippen MR) is 117 cm³/mol. The molecule has 0 saturated heterocycles. The van der Waals surface area contributed by atoms with E-state index in [1.54, 1.807) is 23.6 Å². The molecule has 0 fully saturated rings. The van der Waals surface area contributed by atoms with Gasteiger partial charge in [-0.2, -0.15) is 0 Å². The molecule has 0 spiro atoms. The average molecular weight is 425 g/mol. The van der Waals surface area contributed by atoms with Crippen LogP contribution in [0.2, 0.25) is 0 Å². The molecule has 0 aliphatic rings. The molecule has 0 saturated carbocycles. The highest BCUT2D eigenvalue weighted by Gasteiger charge is 2.36. The molecule has 1 atom stereocenters. The fourth-order valence-corrected chi connectivity index (χ4v) is 3.50. The van der Waals surface area contributed by atoms with Crippen LogP contribution in [0.1, 0.15) is 42.9 Å². The van der Waals surface area contributed by atoms with E-state index in [-0.39, 0.29) is 11.6 Å². The first kappa shape index (κ1) is 21.4. The number of hydrogen-bond donors (Lipinski definition) is 1. The summed E-state index contributed by atoms with van der Waals surface area (Å²) >= 11 is 1.08.